The molecule has 50 heavy (non-hydrogen) atoms. The molecule has 0 spiro atoms. The predicted octanol–water partition coefficient (Wildman–Crippen LogP) is 6.31. The van der Waals surface area contributed by atoms with E-state index in [1.807, 2.05) is 13.8 Å². The van der Waals surface area contributed by atoms with Crippen LogP contribution in [0, 0.1) is 19.7 Å². The van der Waals surface area contributed by atoms with Crippen molar-refractivity contribution in [1.82, 2.24) is 5.32 Å². The highest BCUT2D eigenvalue weighted by molar-refractivity contribution is 6.11. The number of methoxy groups -OCH3 is 2. The minimum Gasteiger partial charge on any atom is -0.467 e. The number of quaternary nitrogens is 1. The van der Waals surface area contributed by atoms with Gasteiger partial charge in [0.25, 0.3) is 5.91 Å². The number of rotatable bonds is 12. The lowest BCUT2D eigenvalue weighted by Crippen LogP contribution is -2.58. The molecule has 2 unspecified atom stereocenters. The van der Waals surface area contributed by atoms with Gasteiger partial charge >= 0.3 is 12.1 Å². The van der Waals surface area contributed by atoms with Crippen LogP contribution in [0.1, 0.15) is 92.4 Å². The van der Waals surface area contributed by atoms with Crippen LogP contribution >= 0.6 is 0 Å². The normalized spacial score (nSPS) is 17.5. The molecule has 1 aliphatic heterocycles. The first kappa shape index (κ1) is 38.0. The summed E-state index contributed by atoms with van der Waals surface area (Å²) < 4.78 is 35.5. The molecule has 2 N–H and O–H groups in total. The Kier molecular flexibility index (Phi) is 12.7. The maximum absolute atomic E-state index is 15.6. The second-order valence-electron chi connectivity index (χ2n) is 12.6. The Hall–Kier alpha value is -4.85. The molecule has 268 valence electrons. The van der Waals surface area contributed by atoms with Crippen LogP contribution in [0.25, 0.3) is 0 Å². The predicted molar refractivity (Wildman–Crippen MR) is 180 cm³/mol. The molecule has 0 aliphatic carbocycles. The second-order valence-corrected chi connectivity index (χ2v) is 12.6. The highest BCUT2D eigenvalue weighted by Crippen LogP contribution is 2.31. The number of hydroxylamine groups is 3. The average Bonchev–Trinajstić information content (AvgIpc) is 3.29. The lowest BCUT2D eigenvalue weighted by atomic mass is 9.94. The van der Waals surface area contributed by atoms with Gasteiger partial charge < -0.3 is 29.4 Å². The topological polar surface area (TPSA) is 147 Å². The van der Waals surface area contributed by atoms with Gasteiger partial charge in [-0.05, 0) is 84.3 Å². The number of ketones is 1. The van der Waals surface area contributed by atoms with Crippen LogP contribution in [0.5, 0.6) is 11.5 Å². The molecule has 0 aromatic heterocycles. The number of carboxylic acid groups (broad SMARTS) is 1. The van der Waals surface area contributed by atoms with Gasteiger partial charge in [-0.25, -0.2) is 9.18 Å². The van der Waals surface area contributed by atoms with Crippen LogP contribution in [0.15, 0.2) is 48.5 Å². The van der Waals surface area contributed by atoms with E-state index < -0.39 is 40.3 Å². The molecular weight excluding hydrogens is 651 g/mol. The van der Waals surface area contributed by atoms with Crippen LogP contribution in [-0.2, 0) is 14.3 Å². The van der Waals surface area contributed by atoms with Crippen LogP contribution < -0.4 is 14.8 Å². The summed E-state index contributed by atoms with van der Waals surface area (Å²) in [5.41, 5.74) is 1.98. The molecule has 0 saturated carbocycles. The van der Waals surface area contributed by atoms with Crippen molar-refractivity contribution in [3.63, 3.8) is 0 Å². The van der Waals surface area contributed by atoms with Gasteiger partial charge in [0.15, 0.2) is 25.9 Å². The number of nitrogens with zero attached hydrogens (tertiary/aromatic N) is 1. The third kappa shape index (κ3) is 8.65. The SMILES string of the molecule is COCOc1ccc(C(C)C)c(F)c1C(=O)c1ccc(C(=O)O[N+]2(C(=O)O)CCCCC(NC(=O)c3cc(C)c(OCOC)c(C)c3)C2)cc1. The molecule has 0 bridgehead atoms. The summed E-state index contributed by atoms with van der Waals surface area (Å²) in [6.07, 6.45) is 0.114. The van der Waals surface area contributed by atoms with E-state index in [9.17, 15) is 24.3 Å². The Morgan fingerprint density at radius 3 is 2.12 bits per heavy atom. The largest absolute Gasteiger partial charge is 0.556 e. The van der Waals surface area contributed by atoms with Crippen LogP contribution in [-0.4, -0.2) is 80.4 Å². The minimum absolute atomic E-state index is 0.0104. The maximum Gasteiger partial charge on any atom is 0.556 e. The van der Waals surface area contributed by atoms with E-state index in [2.05, 4.69) is 5.32 Å². The molecule has 1 heterocycles. The summed E-state index contributed by atoms with van der Waals surface area (Å²) >= 11 is 0. The molecule has 13 heteroatoms. The lowest BCUT2D eigenvalue weighted by molar-refractivity contribution is -1.03. The van der Waals surface area contributed by atoms with E-state index in [0.717, 1.165) is 11.1 Å². The van der Waals surface area contributed by atoms with Crippen molar-refractivity contribution >= 4 is 23.8 Å². The van der Waals surface area contributed by atoms with Crippen molar-refractivity contribution < 1.29 is 57.1 Å². The number of hydrogen-bond donors (Lipinski definition) is 2. The summed E-state index contributed by atoms with van der Waals surface area (Å²) in [5.74, 6) is -2.30. The van der Waals surface area contributed by atoms with Crippen molar-refractivity contribution in [1.29, 1.82) is 0 Å². The first-order valence-corrected chi connectivity index (χ1v) is 16.3. The van der Waals surface area contributed by atoms with Gasteiger partial charge in [0, 0.05) is 31.8 Å². The standard InChI is InChI=1S/C37H43FN2O10/c1-22(2)29-14-15-30(48-20-46-5)31(32(29)38)33(41)25-10-12-26(13-11-25)36(43)50-40(37(44)45)16-8-7-9-28(19-40)39-35(42)27-17-23(3)34(24(4)18-27)49-21-47-6/h10-15,17-18,22,28H,7-9,16,19-21H2,1-6H3,(H-,39,42,44,45)/p+1. The van der Waals surface area contributed by atoms with E-state index in [-0.39, 0.29) is 55.0 Å². The fourth-order valence-electron chi connectivity index (χ4n) is 5.99. The molecular formula is C37H44FN2O10+. The molecule has 4 rings (SSSR count). The number of ether oxygens (including phenoxy) is 4. The lowest BCUT2D eigenvalue weighted by Gasteiger charge is -2.30. The summed E-state index contributed by atoms with van der Waals surface area (Å²) in [6.45, 7) is 6.88. The Balaban J connectivity index is 1.52. The number of nitrogens with one attached hydrogen (secondary N) is 1. The number of hydrogen-bond acceptors (Lipinski definition) is 9. The zero-order chi connectivity index (χ0) is 36.6. The molecule has 1 fully saturated rings. The molecule has 12 nitrogen and oxygen atoms in total. The quantitative estimate of drug-likeness (QED) is 0.126. The van der Waals surface area contributed by atoms with Crippen LogP contribution in [0.4, 0.5) is 9.18 Å². The molecule has 0 radical (unpaired) electrons. The zero-order valence-corrected chi connectivity index (χ0v) is 29.2. The second kappa shape index (κ2) is 16.7. The monoisotopic (exact) mass is 695 g/mol. The van der Waals surface area contributed by atoms with Crippen LogP contribution in [0.3, 0.4) is 0 Å². The highest BCUT2D eigenvalue weighted by Gasteiger charge is 2.47. The average molecular weight is 696 g/mol. The fraction of sp³-hybridized carbons (Fsp3) is 0.405. The number of likely N-dealkylation sites (tertiary alicyclic amines) is 1. The van der Waals surface area contributed by atoms with E-state index in [1.54, 1.807) is 32.0 Å². The molecule has 2 atom stereocenters. The van der Waals surface area contributed by atoms with Gasteiger partial charge in [-0.3, -0.25) is 14.4 Å². The van der Waals surface area contributed by atoms with Crippen molar-refractivity contribution in [2.24, 2.45) is 0 Å². The Bertz CT molecular complexity index is 1700. The molecule has 1 aliphatic rings. The number of amides is 2. The summed E-state index contributed by atoms with van der Waals surface area (Å²) in [6, 6.07) is 11.1. The Morgan fingerprint density at radius 1 is 0.900 bits per heavy atom. The smallest absolute Gasteiger partial charge is 0.467 e. The van der Waals surface area contributed by atoms with Gasteiger partial charge in [-0.2, -0.15) is 4.79 Å². The van der Waals surface area contributed by atoms with Crippen molar-refractivity contribution in [3.8, 4) is 11.5 Å². The summed E-state index contributed by atoms with van der Waals surface area (Å²) in [4.78, 5) is 58.6. The maximum atomic E-state index is 15.6. The number of aryl methyl sites for hydroxylation is 2. The van der Waals surface area contributed by atoms with Crippen molar-refractivity contribution in [2.75, 3.05) is 40.9 Å². The Labute approximate surface area is 290 Å². The summed E-state index contributed by atoms with van der Waals surface area (Å²) in [7, 11) is 2.91. The number of carbonyl (C=O) groups excluding carboxylic acids is 3. The van der Waals surface area contributed by atoms with Gasteiger partial charge in [-0.15, -0.1) is 0 Å². The third-order valence-electron chi connectivity index (χ3n) is 8.52. The van der Waals surface area contributed by atoms with Gasteiger partial charge in [0.2, 0.25) is 0 Å². The number of carbonyl (C=O) groups is 4. The Morgan fingerprint density at radius 2 is 1.52 bits per heavy atom. The minimum atomic E-state index is -1.39. The van der Waals surface area contributed by atoms with Gasteiger partial charge in [0.1, 0.15) is 29.4 Å². The summed E-state index contributed by atoms with van der Waals surface area (Å²) in [5, 5.41) is 13.2. The molecule has 2 amide bonds. The first-order chi connectivity index (χ1) is 23.8. The van der Waals surface area contributed by atoms with E-state index in [1.165, 1.54) is 44.6 Å². The zero-order valence-electron chi connectivity index (χ0n) is 29.2. The molecule has 3 aromatic carbocycles. The van der Waals surface area contributed by atoms with Crippen molar-refractivity contribution in [3.05, 3.63) is 93.3 Å². The van der Waals surface area contributed by atoms with Crippen molar-refractivity contribution in [2.45, 2.75) is 58.9 Å². The van der Waals surface area contributed by atoms with E-state index >= 15 is 4.39 Å². The highest BCUT2D eigenvalue weighted by atomic mass is 19.1. The number of benzene rings is 3. The fourth-order valence-corrected chi connectivity index (χ4v) is 5.99. The first-order valence-electron chi connectivity index (χ1n) is 16.3. The van der Waals surface area contributed by atoms with Gasteiger partial charge in [0.05, 0.1) is 11.6 Å². The van der Waals surface area contributed by atoms with E-state index in [4.69, 9.17) is 23.8 Å². The van der Waals surface area contributed by atoms with Crippen LogP contribution in [0.2, 0.25) is 0 Å². The molecule has 3 aromatic rings. The number of halogens is 1. The molecule has 1 saturated heterocycles. The van der Waals surface area contributed by atoms with Gasteiger partial charge in [-0.1, -0.05) is 32.0 Å². The van der Waals surface area contributed by atoms with E-state index in [0.29, 0.717) is 36.1 Å². The third-order valence-corrected chi connectivity index (χ3v) is 8.52.